The molecule has 0 aliphatic carbocycles. The fourth-order valence-electron chi connectivity index (χ4n) is 4.87. The van der Waals surface area contributed by atoms with E-state index < -0.39 is 8.80 Å². The molecule has 0 spiro atoms. The maximum Gasteiger partial charge on any atom is 0.500 e. The molecule has 0 fully saturated rings. The summed E-state index contributed by atoms with van der Waals surface area (Å²) in [6.45, 7) is 6.87. The van der Waals surface area contributed by atoms with Crippen molar-refractivity contribution >= 4 is 8.80 Å². The molecule has 0 atom stereocenters. The van der Waals surface area contributed by atoms with E-state index in [2.05, 4.69) is 13.5 Å². The minimum absolute atomic E-state index is 0.789. The van der Waals surface area contributed by atoms with Crippen molar-refractivity contribution in [1.82, 2.24) is 0 Å². The van der Waals surface area contributed by atoms with Crippen LogP contribution < -0.4 is 0 Å². The molecular formula is C31H64O3Si. The quantitative estimate of drug-likeness (QED) is 0.0544. The van der Waals surface area contributed by atoms with Crippen molar-refractivity contribution in [2.75, 3.05) is 20.8 Å². The molecule has 4 heteroatoms. The molecule has 0 N–H and O–H groups in total. The third-order valence-electron chi connectivity index (χ3n) is 7.33. The molecule has 0 radical (unpaired) electrons. The third kappa shape index (κ3) is 24.0. The second-order valence-corrected chi connectivity index (χ2v) is 13.5. The van der Waals surface area contributed by atoms with E-state index in [1.807, 2.05) is 6.08 Å². The molecule has 0 aromatic heterocycles. The molecule has 0 rings (SSSR count). The lowest BCUT2D eigenvalue weighted by atomic mass is 10.0. The third-order valence-corrected chi connectivity index (χ3v) is 10.2. The van der Waals surface area contributed by atoms with Crippen LogP contribution >= 0.6 is 0 Å². The van der Waals surface area contributed by atoms with Crippen LogP contribution in [0.1, 0.15) is 161 Å². The first kappa shape index (κ1) is 34.8. The molecular weight excluding hydrogens is 448 g/mol. The molecule has 0 aromatic carbocycles. The van der Waals surface area contributed by atoms with E-state index in [9.17, 15) is 0 Å². The van der Waals surface area contributed by atoms with Crippen molar-refractivity contribution in [3.8, 4) is 0 Å². The van der Waals surface area contributed by atoms with Crippen molar-refractivity contribution in [1.29, 1.82) is 0 Å². The van der Waals surface area contributed by atoms with Gasteiger partial charge in [-0.2, -0.15) is 0 Å². The molecule has 0 aliphatic heterocycles. The van der Waals surface area contributed by atoms with Crippen molar-refractivity contribution in [3.05, 3.63) is 12.7 Å². The van der Waals surface area contributed by atoms with E-state index in [4.69, 9.17) is 13.3 Å². The van der Waals surface area contributed by atoms with Crippen molar-refractivity contribution in [3.63, 3.8) is 0 Å². The predicted octanol–water partition coefficient (Wildman–Crippen LogP) is 10.8. The highest BCUT2D eigenvalue weighted by Gasteiger charge is 2.38. The molecule has 210 valence electrons. The van der Waals surface area contributed by atoms with Gasteiger partial charge in [0.15, 0.2) is 0 Å². The lowest BCUT2D eigenvalue weighted by Crippen LogP contribution is -2.44. The second kappa shape index (κ2) is 28.4. The molecule has 35 heavy (non-hydrogen) atoms. The summed E-state index contributed by atoms with van der Waals surface area (Å²) >= 11 is 0. The Bertz CT molecular complexity index is 412. The van der Waals surface area contributed by atoms with Gasteiger partial charge >= 0.3 is 8.80 Å². The fourth-order valence-corrected chi connectivity index (χ4v) is 6.96. The SMILES string of the molecule is C=CCCCCCCCCCC[Si](OC)(OC)OCCCCCCCCCCCCCCCCC. The van der Waals surface area contributed by atoms with Gasteiger partial charge in [0.25, 0.3) is 0 Å². The highest BCUT2D eigenvalue weighted by molar-refractivity contribution is 6.60. The number of allylic oxidation sites excluding steroid dienone is 1. The highest BCUT2D eigenvalue weighted by atomic mass is 28.4. The summed E-state index contributed by atoms with van der Waals surface area (Å²) in [7, 11) is 1.09. The van der Waals surface area contributed by atoms with Gasteiger partial charge in [-0.25, -0.2) is 0 Å². The van der Waals surface area contributed by atoms with Gasteiger partial charge in [0.05, 0.1) is 0 Å². The second-order valence-electron chi connectivity index (χ2n) is 10.5. The Kier molecular flexibility index (Phi) is 28.3. The summed E-state index contributed by atoms with van der Waals surface area (Å²) in [5, 5.41) is 0. The minimum Gasteiger partial charge on any atom is -0.377 e. The standard InChI is InChI=1S/C31H64O3Si/c1-5-7-9-11-13-15-17-18-19-20-21-22-24-26-28-30-34-35(32-3,33-4)31-29-27-25-23-16-14-12-10-8-6-2/h6H,2,5,7-31H2,1,3-4H3. The minimum atomic E-state index is -2.45. The molecule has 0 aromatic rings. The van der Waals surface area contributed by atoms with Gasteiger partial charge in [0, 0.05) is 26.9 Å². The van der Waals surface area contributed by atoms with Crippen LogP contribution in [0.5, 0.6) is 0 Å². The van der Waals surface area contributed by atoms with Crippen LogP contribution in [0.4, 0.5) is 0 Å². The first-order valence-electron chi connectivity index (χ1n) is 15.6. The van der Waals surface area contributed by atoms with Crippen molar-refractivity contribution in [2.45, 2.75) is 167 Å². The van der Waals surface area contributed by atoms with Gasteiger partial charge in [-0.05, 0) is 25.7 Å². The lowest BCUT2D eigenvalue weighted by Gasteiger charge is -2.26. The van der Waals surface area contributed by atoms with Gasteiger partial charge in [0.2, 0.25) is 0 Å². The van der Waals surface area contributed by atoms with Gasteiger partial charge < -0.3 is 13.3 Å². The predicted molar refractivity (Wildman–Crippen MR) is 157 cm³/mol. The van der Waals surface area contributed by atoms with Crippen LogP contribution in [0.2, 0.25) is 6.04 Å². The largest absolute Gasteiger partial charge is 0.500 e. The maximum atomic E-state index is 6.21. The fraction of sp³-hybridized carbons (Fsp3) is 0.935. The molecule has 0 saturated carbocycles. The summed E-state index contributed by atoms with van der Waals surface area (Å²) in [4.78, 5) is 0. The van der Waals surface area contributed by atoms with Crippen LogP contribution in [0.15, 0.2) is 12.7 Å². The summed E-state index contributed by atoms with van der Waals surface area (Å²) in [5.74, 6) is 0. The Labute approximate surface area is 222 Å². The first-order chi connectivity index (χ1) is 17.2. The monoisotopic (exact) mass is 512 g/mol. The summed E-state index contributed by atoms with van der Waals surface area (Å²) in [6.07, 6.45) is 34.5. The molecule has 0 aliphatic rings. The summed E-state index contributed by atoms with van der Waals surface area (Å²) < 4.78 is 17.8. The number of hydrogen-bond donors (Lipinski definition) is 0. The van der Waals surface area contributed by atoms with E-state index in [1.54, 1.807) is 14.2 Å². The zero-order valence-electron chi connectivity index (χ0n) is 24.4. The van der Waals surface area contributed by atoms with Crippen LogP contribution in [0.3, 0.4) is 0 Å². The van der Waals surface area contributed by atoms with Crippen LogP contribution in [-0.2, 0) is 13.3 Å². The maximum absolute atomic E-state index is 6.21. The molecule has 0 bridgehead atoms. The molecule has 0 amide bonds. The van der Waals surface area contributed by atoms with Crippen molar-refractivity contribution in [2.24, 2.45) is 0 Å². The molecule has 3 nitrogen and oxygen atoms in total. The number of unbranched alkanes of at least 4 members (excludes halogenated alkanes) is 22. The Hall–Kier alpha value is -0.163. The van der Waals surface area contributed by atoms with Gasteiger partial charge in [0.1, 0.15) is 0 Å². The number of hydrogen-bond acceptors (Lipinski definition) is 3. The summed E-state index contributed by atoms with van der Waals surface area (Å²) in [5.41, 5.74) is 0. The Morgan fingerprint density at radius 1 is 0.514 bits per heavy atom. The zero-order chi connectivity index (χ0) is 25.7. The Morgan fingerprint density at radius 2 is 0.886 bits per heavy atom. The smallest absolute Gasteiger partial charge is 0.377 e. The van der Waals surface area contributed by atoms with E-state index in [-0.39, 0.29) is 0 Å². The summed E-state index contributed by atoms with van der Waals surface area (Å²) in [6, 6.07) is 0.956. The normalized spacial score (nSPS) is 11.9. The number of rotatable bonds is 30. The Morgan fingerprint density at radius 3 is 1.29 bits per heavy atom. The average molecular weight is 513 g/mol. The molecule has 0 saturated heterocycles. The van der Waals surface area contributed by atoms with Crippen LogP contribution in [0.25, 0.3) is 0 Å². The van der Waals surface area contributed by atoms with Gasteiger partial charge in [-0.1, -0.05) is 141 Å². The molecule has 0 heterocycles. The van der Waals surface area contributed by atoms with E-state index in [1.165, 1.54) is 141 Å². The Balaban J connectivity index is 3.53. The first-order valence-corrected chi connectivity index (χ1v) is 17.5. The van der Waals surface area contributed by atoms with E-state index in [0.717, 1.165) is 25.5 Å². The molecule has 0 unspecified atom stereocenters. The topological polar surface area (TPSA) is 27.7 Å². The van der Waals surface area contributed by atoms with Gasteiger partial charge in [-0.3, -0.25) is 0 Å². The van der Waals surface area contributed by atoms with Crippen LogP contribution in [-0.4, -0.2) is 29.6 Å². The zero-order valence-corrected chi connectivity index (χ0v) is 25.4. The van der Waals surface area contributed by atoms with Crippen molar-refractivity contribution < 1.29 is 13.3 Å². The highest BCUT2D eigenvalue weighted by Crippen LogP contribution is 2.20. The van der Waals surface area contributed by atoms with E-state index >= 15 is 0 Å². The average Bonchev–Trinajstić information content (AvgIpc) is 2.88. The van der Waals surface area contributed by atoms with E-state index in [0.29, 0.717) is 0 Å². The lowest BCUT2D eigenvalue weighted by molar-refractivity contribution is 0.0955. The van der Waals surface area contributed by atoms with Gasteiger partial charge in [-0.15, -0.1) is 6.58 Å². The van der Waals surface area contributed by atoms with Crippen LogP contribution in [0, 0.1) is 0 Å².